The molecule has 0 aromatic heterocycles. The Morgan fingerprint density at radius 1 is 1.43 bits per heavy atom. The highest BCUT2D eigenvalue weighted by Crippen LogP contribution is 2.28. The highest BCUT2D eigenvalue weighted by molar-refractivity contribution is 6.32. The predicted octanol–water partition coefficient (Wildman–Crippen LogP) is 2.89. The maximum atomic E-state index is 12.2. The van der Waals surface area contributed by atoms with Gasteiger partial charge in [0.25, 0.3) is 0 Å². The molecule has 0 amide bonds. The third kappa shape index (κ3) is 5.30. The number of rotatable bonds is 9. The topological polar surface area (TPSA) is 38.8 Å². The SMILES string of the molecule is COc1ccc(C(=O)CN(C)CCOCC2CC2)cc1Cl. The van der Waals surface area contributed by atoms with Crippen LogP contribution in [0.1, 0.15) is 23.2 Å². The molecule has 21 heavy (non-hydrogen) atoms. The van der Waals surface area contributed by atoms with Gasteiger partial charge >= 0.3 is 0 Å². The van der Waals surface area contributed by atoms with Crippen LogP contribution in [-0.2, 0) is 4.74 Å². The van der Waals surface area contributed by atoms with Crippen molar-refractivity contribution in [3.8, 4) is 5.75 Å². The minimum Gasteiger partial charge on any atom is -0.495 e. The number of ketones is 1. The molecule has 0 heterocycles. The van der Waals surface area contributed by atoms with E-state index in [4.69, 9.17) is 21.1 Å². The summed E-state index contributed by atoms with van der Waals surface area (Å²) in [6.07, 6.45) is 2.60. The average molecular weight is 312 g/mol. The second-order valence-corrected chi connectivity index (χ2v) is 5.94. The van der Waals surface area contributed by atoms with Crippen LogP contribution in [0.3, 0.4) is 0 Å². The Kier molecular flexibility index (Phi) is 6.03. The Morgan fingerprint density at radius 3 is 2.81 bits per heavy atom. The largest absolute Gasteiger partial charge is 0.495 e. The number of nitrogens with zero attached hydrogens (tertiary/aromatic N) is 1. The number of hydrogen-bond acceptors (Lipinski definition) is 4. The Bertz CT molecular complexity index is 488. The van der Waals surface area contributed by atoms with E-state index in [1.807, 2.05) is 11.9 Å². The van der Waals surface area contributed by atoms with Crippen molar-refractivity contribution in [1.82, 2.24) is 4.90 Å². The van der Waals surface area contributed by atoms with Gasteiger partial charge in [0.1, 0.15) is 5.75 Å². The number of halogens is 1. The van der Waals surface area contributed by atoms with Crippen molar-refractivity contribution in [3.63, 3.8) is 0 Å². The van der Waals surface area contributed by atoms with Gasteiger partial charge in [-0.15, -0.1) is 0 Å². The molecule has 0 N–H and O–H groups in total. The molecule has 1 aliphatic carbocycles. The summed E-state index contributed by atoms with van der Waals surface area (Å²) in [4.78, 5) is 14.1. The lowest BCUT2D eigenvalue weighted by Crippen LogP contribution is -2.29. The van der Waals surface area contributed by atoms with Crippen LogP contribution in [0.15, 0.2) is 18.2 Å². The first kappa shape index (κ1) is 16.3. The number of benzene rings is 1. The van der Waals surface area contributed by atoms with Gasteiger partial charge in [-0.1, -0.05) is 11.6 Å². The summed E-state index contributed by atoms with van der Waals surface area (Å²) in [5.41, 5.74) is 0.603. The average Bonchev–Trinajstić information content (AvgIpc) is 3.27. The van der Waals surface area contributed by atoms with Crippen LogP contribution < -0.4 is 4.74 Å². The van der Waals surface area contributed by atoms with Crippen molar-refractivity contribution < 1.29 is 14.3 Å². The maximum Gasteiger partial charge on any atom is 0.176 e. The predicted molar refractivity (Wildman–Crippen MR) is 83.4 cm³/mol. The quantitative estimate of drug-likeness (QED) is 0.519. The summed E-state index contributed by atoms with van der Waals surface area (Å²) >= 11 is 6.04. The monoisotopic (exact) mass is 311 g/mol. The summed E-state index contributed by atoms with van der Waals surface area (Å²) in [7, 11) is 3.47. The van der Waals surface area contributed by atoms with Gasteiger partial charge in [0, 0.05) is 18.7 Å². The highest BCUT2D eigenvalue weighted by Gasteiger charge is 2.21. The van der Waals surface area contributed by atoms with Gasteiger partial charge in [0.2, 0.25) is 0 Å². The third-order valence-electron chi connectivity index (χ3n) is 3.56. The van der Waals surface area contributed by atoms with E-state index < -0.39 is 0 Å². The Morgan fingerprint density at radius 2 is 2.19 bits per heavy atom. The van der Waals surface area contributed by atoms with Gasteiger partial charge < -0.3 is 9.47 Å². The van der Waals surface area contributed by atoms with Gasteiger partial charge in [0.05, 0.1) is 25.3 Å². The minimum atomic E-state index is 0.0456. The summed E-state index contributed by atoms with van der Waals surface area (Å²) in [5.74, 6) is 1.40. The zero-order valence-corrected chi connectivity index (χ0v) is 13.4. The van der Waals surface area contributed by atoms with Crippen LogP contribution >= 0.6 is 11.6 Å². The first-order valence-electron chi connectivity index (χ1n) is 7.23. The first-order chi connectivity index (χ1) is 10.1. The fourth-order valence-electron chi connectivity index (χ4n) is 2.01. The molecule has 1 aliphatic rings. The standard InChI is InChI=1S/C16H22ClNO3/c1-18(7-8-21-11-12-3-4-12)10-15(19)13-5-6-16(20-2)14(17)9-13/h5-6,9,12H,3-4,7-8,10-11H2,1-2H3. The number of methoxy groups -OCH3 is 1. The molecule has 5 heteroatoms. The van der Waals surface area contributed by atoms with E-state index in [9.17, 15) is 4.79 Å². The van der Waals surface area contributed by atoms with Crippen LogP contribution in [0.4, 0.5) is 0 Å². The molecule has 1 aromatic carbocycles. The van der Waals surface area contributed by atoms with E-state index in [1.165, 1.54) is 12.8 Å². The molecule has 1 saturated carbocycles. The van der Waals surface area contributed by atoms with Gasteiger partial charge in [-0.05, 0) is 44.0 Å². The van der Waals surface area contributed by atoms with Crippen LogP contribution in [0.25, 0.3) is 0 Å². The van der Waals surface area contributed by atoms with Gasteiger partial charge in [-0.3, -0.25) is 9.69 Å². The van der Waals surface area contributed by atoms with E-state index in [-0.39, 0.29) is 5.78 Å². The van der Waals surface area contributed by atoms with E-state index in [1.54, 1.807) is 25.3 Å². The minimum absolute atomic E-state index is 0.0456. The van der Waals surface area contributed by atoms with Crippen LogP contribution in [0.5, 0.6) is 5.75 Å². The zero-order chi connectivity index (χ0) is 15.2. The van der Waals surface area contributed by atoms with E-state index in [0.29, 0.717) is 29.5 Å². The second-order valence-electron chi connectivity index (χ2n) is 5.53. The van der Waals surface area contributed by atoms with E-state index in [0.717, 1.165) is 19.1 Å². The fraction of sp³-hybridized carbons (Fsp3) is 0.562. The van der Waals surface area contributed by atoms with Crippen molar-refractivity contribution in [3.05, 3.63) is 28.8 Å². The summed E-state index contributed by atoms with van der Waals surface area (Å²) in [5, 5.41) is 0.457. The molecular formula is C16H22ClNO3. The molecule has 0 saturated heterocycles. The van der Waals surface area contributed by atoms with Crippen molar-refractivity contribution in [2.75, 3.05) is 40.5 Å². The molecule has 1 fully saturated rings. The van der Waals surface area contributed by atoms with Crippen LogP contribution in [0.2, 0.25) is 5.02 Å². The van der Waals surface area contributed by atoms with Gasteiger partial charge in [-0.25, -0.2) is 0 Å². The third-order valence-corrected chi connectivity index (χ3v) is 3.85. The van der Waals surface area contributed by atoms with Crippen LogP contribution in [-0.4, -0.2) is 51.1 Å². The lowest BCUT2D eigenvalue weighted by Gasteiger charge is -2.16. The van der Waals surface area contributed by atoms with Crippen molar-refractivity contribution in [2.24, 2.45) is 5.92 Å². The molecule has 0 atom stereocenters. The smallest absolute Gasteiger partial charge is 0.176 e. The Labute approximate surface area is 131 Å². The fourth-order valence-corrected chi connectivity index (χ4v) is 2.27. The van der Waals surface area contributed by atoms with Crippen molar-refractivity contribution in [1.29, 1.82) is 0 Å². The van der Waals surface area contributed by atoms with E-state index in [2.05, 4.69) is 0 Å². The highest BCUT2D eigenvalue weighted by atomic mass is 35.5. The summed E-state index contributed by atoms with van der Waals surface area (Å²) < 4.78 is 10.7. The number of carbonyl (C=O) groups excluding carboxylic acids is 1. The summed E-state index contributed by atoms with van der Waals surface area (Å²) in [6, 6.07) is 5.11. The normalized spacial score (nSPS) is 14.5. The van der Waals surface area contributed by atoms with Gasteiger partial charge in [0.15, 0.2) is 5.78 Å². The molecule has 1 aromatic rings. The molecular weight excluding hydrogens is 290 g/mol. The molecule has 0 unspecified atom stereocenters. The number of hydrogen-bond donors (Lipinski definition) is 0. The Hall–Kier alpha value is -1.10. The Balaban J connectivity index is 1.75. The van der Waals surface area contributed by atoms with E-state index >= 15 is 0 Å². The molecule has 0 radical (unpaired) electrons. The summed E-state index contributed by atoms with van der Waals surface area (Å²) in [6.45, 7) is 2.64. The van der Waals surface area contributed by atoms with Gasteiger partial charge in [-0.2, -0.15) is 0 Å². The number of carbonyl (C=O) groups is 1. The number of likely N-dealkylation sites (N-methyl/N-ethyl adjacent to an activating group) is 1. The van der Waals surface area contributed by atoms with Crippen molar-refractivity contribution in [2.45, 2.75) is 12.8 Å². The first-order valence-corrected chi connectivity index (χ1v) is 7.61. The molecule has 0 bridgehead atoms. The second kappa shape index (κ2) is 7.78. The lowest BCUT2D eigenvalue weighted by molar-refractivity contribution is 0.0861. The van der Waals surface area contributed by atoms with Crippen molar-refractivity contribution >= 4 is 17.4 Å². The molecule has 2 rings (SSSR count). The molecule has 0 aliphatic heterocycles. The number of Topliss-reactive ketones (excluding diaryl/α,β-unsaturated/α-hetero) is 1. The molecule has 4 nitrogen and oxygen atoms in total. The maximum absolute atomic E-state index is 12.2. The zero-order valence-electron chi connectivity index (χ0n) is 12.6. The lowest BCUT2D eigenvalue weighted by atomic mass is 10.1. The van der Waals surface area contributed by atoms with Crippen LogP contribution in [0, 0.1) is 5.92 Å². The molecule has 0 spiro atoms. The molecule has 116 valence electrons. The number of ether oxygens (including phenoxy) is 2.